The van der Waals surface area contributed by atoms with E-state index in [2.05, 4.69) is 10.4 Å². The molecule has 0 bridgehead atoms. The van der Waals surface area contributed by atoms with Crippen molar-refractivity contribution in [1.29, 1.82) is 0 Å². The number of nitrogens with zero attached hydrogens (tertiary/aromatic N) is 4. The second kappa shape index (κ2) is 8.81. The number of nitrogens with one attached hydrogen (secondary N) is 1. The predicted molar refractivity (Wildman–Crippen MR) is 103 cm³/mol. The van der Waals surface area contributed by atoms with Crippen LogP contribution in [0.1, 0.15) is 28.2 Å². The van der Waals surface area contributed by atoms with Gasteiger partial charge in [-0.15, -0.1) is 0 Å². The van der Waals surface area contributed by atoms with Crippen LogP contribution < -0.4 is 5.32 Å². The van der Waals surface area contributed by atoms with E-state index < -0.39 is 0 Å². The first-order chi connectivity index (χ1) is 13.0. The number of hydrogen-bond acceptors (Lipinski definition) is 4. The van der Waals surface area contributed by atoms with Crippen LogP contribution in [-0.2, 0) is 24.3 Å². The fourth-order valence-electron chi connectivity index (χ4n) is 3.13. The summed E-state index contributed by atoms with van der Waals surface area (Å²) >= 11 is 0. The van der Waals surface area contributed by atoms with Crippen LogP contribution in [0.4, 0.5) is 0 Å². The number of aromatic nitrogens is 2. The molecule has 2 amide bonds. The normalized spacial score (nSPS) is 13.5. The van der Waals surface area contributed by atoms with Gasteiger partial charge in [0.25, 0.3) is 5.91 Å². The second-order valence-electron chi connectivity index (χ2n) is 7.10. The molecule has 144 valence electrons. The first kappa shape index (κ1) is 19.1. The quantitative estimate of drug-likeness (QED) is 0.795. The lowest BCUT2D eigenvalue weighted by molar-refractivity contribution is -0.121. The highest BCUT2D eigenvalue weighted by molar-refractivity contribution is 5.94. The van der Waals surface area contributed by atoms with Crippen molar-refractivity contribution in [3.8, 4) is 0 Å². The lowest BCUT2D eigenvalue weighted by Gasteiger charge is -2.27. The van der Waals surface area contributed by atoms with Gasteiger partial charge in [-0.3, -0.25) is 14.3 Å². The summed E-state index contributed by atoms with van der Waals surface area (Å²) in [5.74, 6) is 0.0913. The first-order valence-corrected chi connectivity index (χ1v) is 9.34. The van der Waals surface area contributed by atoms with Crippen LogP contribution in [0.5, 0.6) is 0 Å². The van der Waals surface area contributed by atoms with E-state index >= 15 is 0 Å². The minimum atomic E-state index is 0.0451. The average Bonchev–Trinajstić information content (AvgIpc) is 3.08. The van der Waals surface area contributed by atoms with Crippen molar-refractivity contribution in [1.82, 2.24) is 24.9 Å². The summed E-state index contributed by atoms with van der Waals surface area (Å²) in [5.41, 5.74) is 2.63. The van der Waals surface area contributed by atoms with Gasteiger partial charge in [-0.1, -0.05) is 18.2 Å². The van der Waals surface area contributed by atoms with Crippen molar-refractivity contribution in [2.24, 2.45) is 0 Å². The minimum absolute atomic E-state index is 0.0451. The van der Waals surface area contributed by atoms with Gasteiger partial charge >= 0.3 is 0 Å². The Morgan fingerprint density at radius 2 is 1.96 bits per heavy atom. The molecule has 2 heterocycles. The molecule has 1 N–H and O–H groups in total. The van der Waals surface area contributed by atoms with Gasteiger partial charge in [0.1, 0.15) is 0 Å². The molecular formula is C20H27N5O2. The molecule has 1 aliphatic heterocycles. The summed E-state index contributed by atoms with van der Waals surface area (Å²) in [4.78, 5) is 28.4. The molecular weight excluding hydrogens is 342 g/mol. The molecule has 1 aromatic heterocycles. The van der Waals surface area contributed by atoms with E-state index in [1.165, 1.54) is 0 Å². The monoisotopic (exact) mass is 369 g/mol. The number of amides is 2. The maximum atomic E-state index is 12.6. The Hall–Kier alpha value is -2.67. The zero-order valence-electron chi connectivity index (χ0n) is 16.0. The molecule has 0 radical (unpaired) electrons. The van der Waals surface area contributed by atoms with E-state index in [-0.39, 0.29) is 11.8 Å². The van der Waals surface area contributed by atoms with Crippen LogP contribution in [0.2, 0.25) is 0 Å². The van der Waals surface area contributed by atoms with Gasteiger partial charge in [0.05, 0.1) is 24.5 Å². The summed E-state index contributed by atoms with van der Waals surface area (Å²) in [6.45, 7) is 3.36. The first-order valence-electron chi connectivity index (χ1n) is 9.34. The number of fused-ring (bicyclic) bond motifs is 1. The van der Waals surface area contributed by atoms with Crippen molar-refractivity contribution in [2.45, 2.75) is 25.9 Å². The smallest absolute Gasteiger partial charge is 0.254 e. The summed E-state index contributed by atoms with van der Waals surface area (Å²) in [6, 6.07) is 11.4. The third-order valence-corrected chi connectivity index (χ3v) is 4.65. The molecule has 0 saturated heterocycles. The highest BCUT2D eigenvalue weighted by Gasteiger charge is 2.23. The highest BCUT2D eigenvalue weighted by Crippen LogP contribution is 2.17. The van der Waals surface area contributed by atoms with Crippen molar-refractivity contribution >= 4 is 11.8 Å². The molecule has 2 aromatic rings. The summed E-state index contributed by atoms with van der Waals surface area (Å²) < 4.78 is 1.95. The standard InChI is InChI=1S/C20H27N5O2/c1-23(2)11-10-21-19(26)9-8-17-14-18-15-24(12-13-25(18)22-17)20(27)16-6-4-3-5-7-16/h3-7,14H,8-13,15H2,1-2H3,(H,21,26). The Morgan fingerprint density at radius 3 is 2.70 bits per heavy atom. The van der Waals surface area contributed by atoms with Gasteiger partial charge in [-0.25, -0.2) is 0 Å². The molecule has 0 unspecified atom stereocenters. The Balaban J connectivity index is 1.53. The Bertz CT molecular complexity index is 785. The third-order valence-electron chi connectivity index (χ3n) is 4.65. The minimum Gasteiger partial charge on any atom is -0.355 e. The zero-order valence-corrected chi connectivity index (χ0v) is 16.0. The number of hydrogen-bond donors (Lipinski definition) is 1. The summed E-state index contributed by atoms with van der Waals surface area (Å²) in [7, 11) is 3.96. The summed E-state index contributed by atoms with van der Waals surface area (Å²) in [5, 5.41) is 7.51. The number of benzene rings is 1. The zero-order chi connectivity index (χ0) is 19.2. The highest BCUT2D eigenvalue weighted by atomic mass is 16.2. The van der Waals surface area contributed by atoms with Crippen molar-refractivity contribution < 1.29 is 9.59 Å². The number of aryl methyl sites for hydroxylation is 1. The van der Waals surface area contributed by atoms with Crippen LogP contribution >= 0.6 is 0 Å². The number of likely N-dealkylation sites (N-methyl/N-ethyl adjacent to an activating group) is 1. The van der Waals surface area contributed by atoms with Crippen molar-refractivity contribution in [2.75, 3.05) is 33.7 Å². The van der Waals surface area contributed by atoms with Gasteiger partial charge in [-0.05, 0) is 32.3 Å². The van der Waals surface area contributed by atoms with Gasteiger partial charge < -0.3 is 15.1 Å². The molecule has 27 heavy (non-hydrogen) atoms. The molecule has 0 atom stereocenters. The van der Waals surface area contributed by atoms with E-state index in [0.717, 1.165) is 17.9 Å². The molecule has 7 heteroatoms. The van der Waals surface area contributed by atoms with E-state index in [0.29, 0.717) is 44.6 Å². The maximum Gasteiger partial charge on any atom is 0.254 e. The predicted octanol–water partition coefficient (Wildman–Crippen LogP) is 1.15. The SMILES string of the molecule is CN(C)CCNC(=O)CCc1cc2n(n1)CCN(C(=O)c1ccccc1)C2. The number of carbonyl (C=O) groups excluding carboxylic acids is 2. The Labute approximate surface area is 159 Å². The lowest BCUT2D eigenvalue weighted by atomic mass is 10.1. The fraction of sp³-hybridized carbons (Fsp3) is 0.450. The van der Waals surface area contributed by atoms with Gasteiger partial charge in [-0.2, -0.15) is 5.10 Å². The van der Waals surface area contributed by atoms with E-state index in [4.69, 9.17) is 0 Å². The second-order valence-corrected chi connectivity index (χ2v) is 7.10. The van der Waals surface area contributed by atoms with Crippen LogP contribution in [0.15, 0.2) is 36.4 Å². The Kier molecular flexibility index (Phi) is 6.24. The van der Waals surface area contributed by atoms with Crippen LogP contribution in [0.25, 0.3) is 0 Å². The molecule has 7 nitrogen and oxygen atoms in total. The van der Waals surface area contributed by atoms with E-state index in [1.54, 1.807) is 0 Å². The topological polar surface area (TPSA) is 70.5 Å². The van der Waals surface area contributed by atoms with Crippen LogP contribution in [-0.4, -0.2) is 65.1 Å². The van der Waals surface area contributed by atoms with E-state index in [9.17, 15) is 9.59 Å². The van der Waals surface area contributed by atoms with Crippen LogP contribution in [0.3, 0.4) is 0 Å². The molecule has 0 saturated carbocycles. The number of carbonyl (C=O) groups is 2. The molecule has 1 aliphatic rings. The van der Waals surface area contributed by atoms with Gasteiger partial charge in [0.15, 0.2) is 0 Å². The summed E-state index contributed by atoms with van der Waals surface area (Å²) in [6.07, 6.45) is 1.04. The van der Waals surface area contributed by atoms with Crippen molar-refractivity contribution in [3.63, 3.8) is 0 Å². The van der Waals surface area contributed by atoms with Gasteiger partial charge in [0.2, 0.25) is 5.91 Å². The molecule has 1 aromatic carbocycles. The third kappa shape index (κ3) is 5.17. The molecule has 0 spiro atoms. The van der Waals surface area contributed by atoms with Crippen LogP contribution in [0, 0.1) is 0 Å². The average molecular weight is 369 g/mol. The molecule has 0 fully saturated rings. The molecule has 3 rings (SSSR count). The maximum absolute atomic E-state index is 12.6. The fourth-order valence-corrected chi connectivity index (χ4v) is 3.13. The van der Waals surface area contributed by atoms with Crippen molar-refractivity contribution in [3.05, 3.63) is 53.3 Å². The lowest BCUT2D eigenvalue weighted by Crippen LogP contribution is -2.38. The molecule has 0 aliphatic carbocycles. The van der Waals surface area contributed by atoms with Gasteiger partial charge in [0, 0.05) is 38.0 Å². The Morgan fingerprint density at radius 1 is 1.19 bits per heavy atom. The largest absolute Gasteiger partial charge is 0.355 e. The van der Waals surface area contributed by atoms with E-state index in [1.807, 2.05) is 65.0 Å². The number of rotatable bonds is 7.